The first-order chi connectivity index (χ1) is 9.35. The van der Waals surface area contributed by atoms with Gasteiger partial charge < -0.3 is 10.1 Å². The summed E-state index contributed by atoms with van der Waals surface area (Å²) in [5.41, 5.74) is 1.33. The van der Waals surface area contributed by atoms with Crippen LogP contribution in [-0.2, 0) is 6.42 Å². The van der Waals surface area contributed by atoms with Crippen molar-refractivity contribution in [2.24, 2.45) is 0 Å². The Balaban J connectivity index is 1.94. The molecule has 2 atom stereocenters. The Kier molecular flexibility index (Phi) is 5.30. The predicted octanol–water partition coefficient (Wildman–Crippen LogP) is 3.16. The molecular weight excluding hydrogens is 234 g/mol. The third-order valence-corrected chi connectivity index (χ3v) is 3.61. The minimum Gasteiger partial charge on any atom is -0.488 e. The van der Waals surface area contributed by atoms with Gasteiger partial charge >= 0.3 is 0 Å². The van der Waals surface area contributed by atoms with E-state index in [0.29, 0.717) is 6.04 Å². The van der Waals surface area contributed by atoms with Crippen LogP contribution in [0.3, 0.4) is 0 Å². The van der Waals surface area contributed by atoms with E-state index in [1.54, 1.807) is 0 Å². The van der Waals surface area contributed by atoms with Crippen molar-refractivity contribution in [1.82, 2.24) is 5.32 Å². The van der Waals surface area contributed by atoms with Crippen LogP contribution in [0.5, 0.6) is 5.75 Å². The zero-order valence-corrected chi connectivity index (χ0v) is 11.7. The number of unbranched alkanes of at least 4 members (excludes halogenated alkanes) is 1. The van der Waals surface area contributed by atoms with Crippen molar-refractivity contribution in [3.8, 4) is 18.1 Å². The topological polar surface area (TPSA) is 21.3 Å². The number of para-hydroxylation sites is 1. The number of ether oxygens (including phenoxy) is 1. The highest BCUT2D eigenvalue weighted by molar-refractivity contribution is 5.37. The molecule has 19 heavy (non-hydrogen) atoms. The second-order valence-corrected chi connectivity index (χ2v) is 5.13. The highest BCUT2D eigenvalue weighted by atomic mass is 16.5. The van der Waals surface area contributed by atoms with Crippen LogP contribution in [0, 0.1) is 12.3 Å². The molecule has 1 heterocycles. The van der Waals surface area contributed by atoms with Gasteiger partial charge in [-0.2, -0.15) is 0 Å². The minimum absolute atomic E-state index is 0.252. The van der Waals surface area contributed by atoms with Gasteiger partial charge in [-0.1, -0.05) is 25.1 Å². The van der Waals surface area contributed by atoms with Crippen molar-refractivity contribution in [2.75, 3.05) is 6.54 Å². The molecule has 1 aromatic carbocycles. The van der Waals surface area contributed by atoms with E-state index in [1.807, 2.05) is 6.07 Å². The summed E-state index contributed by atoms with van der Waals surface area (Å²) in [6.45, 7) is 3.23. The molecular formula is C17H23NO. The van der Waals surface area contributed by atoms with Gasteiger partial charge in [-0.05, 0) is 37.4 Å². The second kappa shape index (κ2) is 7.21. The van der Waals surface area contributed by atoms with Crippen LogP contribution in [0.4, 0.5) is 0 Å². The summed E-state index contributed by atoms with van der Waals surface area (Å²) in [4.78, 5) is 0. The molecule has 1 aliphatic rings. The number of rotatable bonds is 7. The van der Waals surface area contributed by atoms with Crippen molar-refractivity contribution < 1.29 is 4.74 Å². The molecule has 0 fully saturated rings. The van der Waals surface area contributed by atoms with Gasteiger partial charge in [0.25, 0.3) is 0 Å². The van der Waals surface area contributed by atoms with Crippen molar-refractivity contribution in [2.45, 2.75) is 51.2 Å². The SMILES string of the molecule is C#CCCCC(NCCC)C1Cc2ccccc2O1. The lowest BCUT2D eigenvalue weighted by molar-refractivity contribution is 0.170. The normalized spacial score (nSPS) is 18.4. The lowest BCUT2D eigenvalue weighted by Gasteiger charge is -2.24. The molecule has 1 aromatic rings. The number of terminal acetylenes is 1. The van der Waals surface area contributed by atoms with Crippen LogP contribution in [-0.4, -0.2) is 18.7 Å². The van der Waals surface area contributed by atoms with E-state index in [4.69, 9.17) is 11.2 Å². The average Bonchev–Trinajstić information content (AvgIpc) is 2.86. The number of hydrogen-bond donors (Lipinski definition) is 1. The van der Waals surface area contributed by atoms with Crippen LogP contribution in [0.25, 0.3) is 0 Å². The molecule has 0 bridgehead atoms. The molecule has 2 heteroatoms. The van der Waals surface area contributed by atoms with E-state index in [-0.39, 0.29) is 6.10 Å². The Bertz CT molecular complexity index is 410. The van der Waals surface area contributed by atoms with Gasteiger partial charge in [0, 0.05) is 18.9 Å². The van der Waals surface area contributed by atoms with Gasteiger partial charge in [-0.25, -0.2) is 0 Å². The fourth-order valence-corrected chi connectivity index (χ4v) is 2.61. The van der Waals surface area contributed by atoms with Crippen LogP contribution in [0.2, 0.25) is 0 Å². The summed E-state index contributed by atoms with van der Waals surface area (Å²) in [7, 11) is 0. The number of nitrogens with one attached hydrogen (secondary N) is 1. The number of benzene rings is 1. The van der Waals surface area contributed by atoms with E-state index in [2.05, 4.69) is 36.4 Å². The van der Waals surface area contributed by atoms with E-state index in [1.165, 1.54) is 5.56 Å². The standard InChI is InChI=1S/C17H23NO/c1-3-5-6-10-15(18-12-4-2)17-13-14-9-7-8-11-16(14)19-17/h1,7-9,11,15,17-18H,4-6,10,12-13H2,2H3. The van der Waals surface area contributed by atoms with Gasteiger partial charge in [-0.3, -0.25) is 0 Å². The molecule has 102 valence electrons. The van der Waals surface area contributed by atoms with Gasteiger partial charge in [0.1, 0.15) is 11.9 Å². The van der Waals surface area contributed by atoms with E-state index >= 15 is 0 Å². The third kappa shape index (κ3) is 3.75. The summed E-state index contributed by atoms with van der Waals surface area (Å²) in [6.07, 6.45) is 10.7. The maximum absolute atomic E-state index is 6.08. The van der Waals surface area contributed by atoms with Gasteiger partial charge in [-0.15, -0.1) is 12.3 Å². The van der Waals surface area contributed by atoms with Crippen molar-refractivity contribution in [1.29, 1.82) is 0 Å². The molecule has 0 amide bonds. The lowest BCUT2D eigenvalue weighted by Crippen LogP contribution is -2.42. The summed E-state index contributed by atoms with van der Waals surface area (Å²) < 4.78 is 6.08. The molecule has 0 aliphatic carbocycles. The molecule has 2 nitrogen and oxygen atoms in total. The second-order valence-electron chi connectivity index (χ2n) is 5.13. The van der Waals surface area contributed by atoms with Gasteiger partial charge in [0.2, 0.25) is 0 Å². The Morgan fingerprint density at radius 2 is 2.32 bits per heavy atom. The first-order valence-electron chi connectivity index (χ1n) is 7.26. The van der Waals surface area contributed by atoms with Gasteiger partial charge in [0.15, 0.2) is 0 Å². The molecule has 0 radical (unpaired) electrons. The summed E-state index contributed by atoms with van der Waals surface area (Å²) in [5, 5.41) is 3.61. The molecule has 1 N–H and O–H groups in total. The van der Waals surface area contributed by atoms with E-state index in [0.717, 1.165) is 44.4 Å². The Morgan fingerprint density at radius 1 is 1.47 bits per heavy atom. The zero-order chi connectivity index (χ0) is 13.5. The fourth-order valence-electron chi connectivity index (χ4n) is 2.61. The maximum atomic E-state index is 6.08. The van der Waals surface area contributed by atoms with Crippen LogP contribution >= 0.6 is 0 Å². The first-order valence-corrected chi connectivity index (χ1v) is 7.26. The highest BCUT2D eigenvalue weighted by Crippen LogP contribution is 2.30. The molecule has 0 saturated heterocycles. The van der Waals surface area contributed by atoms with Crippen molar-refractivity contribution >= 4 is 0 Å². The van der Waals surface area contributed by atoms with E-state index in [9.17, 15) is 0 Å². The van der Waals surface area contributed by atoms with Gasteiger partial charge in [0.05, 0.1) is 0 Å². The first kappa shape index (κ1) is 14.0. The largest absolute Gasteiger partial charge is 0.488 e. The average molecular weight is 257 g/mol. The summed E-state index contributed by atoms with van der Waals surface area (Å²) in [5.74, 6) is 3.77. The van der Waals surface area contributed by atoms with Crippen molar-refractivity contribution in [3.63, 3.8) is 0 Å². The Hall–Kier alpha value is -1.46. The zero-order valence-electron chi connectivity index (χ0n) is 11.7. The maximum Gasteiger partial charge on any atom is 0.123 e. The van der Waals surface area contributed by atoms with Crippen molar-refractivity contribution in [3.05, 3.63) is 29.8 Å². The molecule has 2 unspecified atom stereocenters. The molecule has 0 saturated carbocycles. The highest BCUT2D eigenvalue weighted by Gasteiger charge is 2.29. The van der Waals surface area contributed by atoms with Crippen LogP contribution in [0.1, 0.15) is 38.2 Å². The molecule has 0 aromatic heterocycles. The summed E-state index contributed by atoms with van der Waals surface area (Å²) in [6, 6.07) is 8.74. The number of fused-ring (bicyclic) bond motifs is 1. The third-order valence-electron chi connectivity index (χ3n) is 3.61. The predicted molar refractivity (Wildman–Crippen MR) is 79.3 cm³/mol. The van der Waals surface area contributed by atoms with Crippen LogP contribution in [0.15, 0.2) is 24.3 Å². The summed E-state index contributed by atoms with van der Waals surface area (Å²) >= 11 is 0. The molecule has 1 aliphatic heterocycles. The Labute approximate surface area is 116 Å². The van der Waals surface area contributed by atoms with Crippen LogP contribution < -0.4 is 10.1 Å². The molecule has 0 spiro atoms. The quantitative estimate of drug-likeness (QED) is 0.598. The Morgan fingerprint density at radius 3 is 3.05 bits per heavy atom. The monoisotopic (exact) mass is 257 g/mol. The minimum atomic E-state index is 0.252. The molecule has 2 rings (SSSR count). The smallest absolute Gasteiger partial charge is 0.123 e. The fraction of sp³-hybridized carbons (Fsp3) is 0.529. The number of hydrogen-bond acceptors (Lipinski definition) is 2. The van der Waals surface area contributed by atoms with E-state index < -0.39 is 0 Å². The lowest BCUT2D eigenvalue weighted by atomic mass is 9.99.